The summed E-state index contributed by atoms with van der Waals surface area (Å²) in [6, 6.07) is -1.08. The number of nitrogens with one attached hydrogen (secondary N) is 1. The van der Waals surface area contributed by atoms with E-state index < -0.39 is 28.0 Å². The van der Waals surface area contributed by atoms with Crippen molar-refractivity contribution in [3.8, 4) is 0 Å². The molecule has 0 aliphatic carbocycles. The molecule has 0 saturated heterocycles. The van der Waals surface area contributed by atoms with Crippen molar-refractivity contribution in [1.29, 1.82) is 0 Å². The first-order valence-corrected chi connectivity index (χ1v) is 21.7. The molecule has 0 bridgehead atoms. The first-order valence-electron chi connectivity index (χ1n) is 20.1. The highest BCUT2D eigenvalue weighted by atomic mass is 32.2. The normalized spacial score (nSPS) is 14.1. The molecule has 0 saturated carbocycles. The molecule has 0 aromatic carbocycles. The van der Waals surface area contributed by atoms with Gasteiger partial charge in [0.25, 0.3) is 10.1 Å². The Kier molecular flexibility index (Phi) is 34.9. The van der Waals surface area contributed by atoms with E-state index in [4.69, 9.17) is 0 Å². The summed E-state index contributed by atoms with van der Waals surface area (Å²) >= 11 is 0. The second-order valence-electron chi connectivity index (χ2n) is 13.5. The van der Waals surface area contributed by atoms with E-state index in [-0.39, 0.29) is 12.3 Å². The Labute approximate surface area is 308 Å². The van der Waals surface area contributed by atoms with Gasteiger partial charge < -0.3 is 10.4 Å². The lowest BCUT2D eigenvalue weighted by Crippen LogP contribution is -2.46. The van der Waals surface area contributed by atoms with E-state index in [2.05, 4.69) is 79.9 Å². The number of rotatable bonds is 35. The van der Waals surface area contributed by atoms with Crippen LogP contribution in [0.2, 0.25) is 0 Å². The summed E-state index contributed by atoms with van der Waals surface area (Å²) in [5.41, 5.74) is 0. The van der Waals surface area contributed by atoms with Gasteiger partial charge in [-0.2, -0.15) is 8.42 Å². The summed E-state index contributed by atoms with van der Waals surface area (Å²) in [6.45, 7) is 4.38. The van der Waals surface area contributed by atoms with Gasteiger partial charge in [-0.1, -0.05) is 170 Å². The Bertz CT molecular complexity index is 1060. The van der Waals surface area contributed by atoms with Crippen LogP contribution in [0.15, 0.2) is 72.9 Å². The Morgan fingerprint density at radius 1 is 0.560 bits per heavy atom. The van der Waals surface area contributed by atoms with Crippen LogP contribution >= 0.6 is 0 Å². The van der Waals surface area contributed by atoms with Gasteiger partial charge in [-0.3, -0.25) is 9.35 Å². The summed E-state index contributed by atoms with van der Waals surface area (Å²) in [6.07, 6.45) is 51.8. The Hall–Kier alpha value is -2.22. The molecular weight excluding hydrogens is 643 g/mol. The van der Waals surface area contributed by atoms with Crippen molar-refractivity contribution >= 4 is 16.0 Å². The van der Waals surface area contributed by atoms with E-state index in [0.717, 1.165) is 70.6 Å². The molecule has 7 heteroatoms. The smallest absolute Gasteiger partial charge is 0.267 e. The lowest BCUT2D eigenvalue weighted by atomic mass is 10.0. The fourth-order valence-corrected chi connectivity index (χ4v) is 6.37. The summed E-state index contributed by atoms with van der Waals surface area (Å²) in [5.74, 6) is -1.01. The second-order valence-corrected chi connectivity index (χ2v) is 15.0. The number of hydrogen-bond donors (Lipinski definition) is 3. The third kappa shape index (κ3) is 37.0. The molecule has 0 radical (unpaired) electrons. The average molecular weight is 718 g/mol. The van der Waals surface area contributed by atoms with Crippen molar-refractivity contribution in [1.82, 2.24) is 5.32 Å². The van der Waals surface area contributed by atoms with Crippen LogP contribution in [-0.2, 0) is 14.9 Å². The first-order chi connectivity index (χ1) is 24.3. The Morgan fingerprint density at radius 2 is 0.980 bits per heavy atom. The van der Waals surface area contributed by atoms with Gasteiger partial charge in [-0.15, -0.1) is 0 Å². The maximum absolute atomic E-state index is 12.5. The van der Waals surface area contributed by atoms with Gasteiger partial charge in [-0.05, 0) is 70.6 Å². The van der Waals surface area contributed by atoms with E-state index in [9.17, 15) is 22.9 Å². The van der Waals surface area contributed by atoms with Crippen LogP contribution in [-0.4, -0.2) is 41.9 Å². The minimum absolute atomic E-state index is 0.279. The van der Waals surface area contributed by atoms with Crippen molar-refractivity contribution in [2.45, 2.75) is 187 Å². The number of unbranched alkanes of at least 4 members (excludes halogenated alkanes) is 17. The van der Waals surface area contributed by atoms with Gasteiger partial charge in [0.15, 0.2) is 0 Å². The van der Waals surface area contributed by atoms with Gasteiger partial charge in [0.1, 0.15) is 0 Å². The minimum atomic E-state index is -4.35. The highest BCUT2D eigenvalue weighted by Gasteiger charge is 2.24. The zero-order chi connectivity index (χ0) is 36.8. The van der Waals surface area contributed by atoms with Gasteiger partial charge in [0.2, 0.25) is 5.91 Å². The van der Waals surface area contributed by atoms with Crippen molar-refractivity contribution in [2.24, 2.45) is 0 Å². The molecule has 3 N–H and O–H groups in total. The summed E-state index contributed by atoms with van der Waals surface area (Å²) < 4.78 is 32.4. The average Bonchev–Trinajstić information content (AvgIpc) is 3.08. The molecule has 0 fully saturated rings. The second kappa shape index (κ2) is 36.6. The number of carbonyl (C=O) groups excluding carboxylic acids is 1. The molecule has 0 heterocycles. The highest BCUT2D eigenvalue weighted by molar-refractivity contribution is 7.85. The Balaban J connectivity index is 3.92. The van der Waals surface area contributed by atoms with Crippen molar-refractivity contribution in [3.05, 3.63) is 72.9 Å². The van der Waals surface area contributed by atoms with Crippen LogP contribution in [0.25, 0.3) is 0 Å². The number of carbonyl (C=O) groups is 1. The van der Waals surface area contributed by atoms with Crippen molar-refractivity contribution in [2.75, 3.05) is 5.75 Å². The van der Waals surface area contributed by atoms with Gasteiger partial charge in [-0.25, -0.2) is 0 Å². The molecular formula is C43H75NO5S. The molecule has 6 nitrogen and oxygen atoms in total. The van der Waals surface area contributed by atoms with Gasteiger partial charge >= 0.3 is 0 Å². The maximum Gasteiger partial charge on any atom is 0.267 e. The zero-order valence-corrected chi connectivity index (χ0v) is 32.8. The number of hydrogen-bond acceptors (Lipinski definition) is 4. The molecule has 1 amide bonds. The molecule has 0 aromatic rings. The largest absolute Gasteiger partial charge is 0.387 e. The van der Waals surface area contributed by atoms with Crippen LogP contribution in [0.5, 0.6) is 0 Å². The van der Waals surface area contributed by atoms with Crippen LogP contribution in [0.1, 0.15) is 174 Å². The van der Waals surface area contributed by atoms with Gasteiger partial charge in [0.05, 0.1) is 17.9 Å². The van der Waals surface area contributed by atoms with Crippen LogP contribution < -0.4 is 5.32 Å². The topological polar surface area (TPSA) is 104 Å². The van der Waals surface area contributed by atoms with E-state index >= 15 is 0 Å². The molecule has 2 atom stereocenters. The molecule has 50 heavy (non-hydrogen) atoms. The first kappa shape index (κ1) is 47.8. The van der Waals surface area contributed by atoms with Crippen molar-refractivity contribution < 1.29 is 22.9 Å². The van der Waals surface area contributed by atoms with E-state index in [0.29, 0.717) is 6.42 Å². The molecule has 0 rings (SSSR count). The SMILES string of the molecule is CC/C=C\C/C=C\C/C=C\C/C=C\CCCCCCCCCCCCC(=O)NC(CS(=O)(=O)O)C(O)/C=C/CC/C=C/CCCCCCCC. The van der Waals surface area contributed by atoms with Crippen molar-refractivity contribution in [3.63, 3.8) is 0 Å². The Morgan fingerprint density at radius 3 is 1.50 bits per heavy atom. The highest BCUT2D eigenvalue weighted by Crippen LogP contribution is 2.13. The maximum atomic E-state index is 12.5. The number of aliphatic hydroxyl groups is 1. The molecule has 0 aliphatic rings. The lowest BCUT2D eigenvalue weighted by Gasteiger charge is -2.21. The molecule has 288 valence electrons. The summed E-state index contributed by atoms with van der Waals surface area (Å²) in [4.78, 5) is 12.5. The number of aliphatic hydroxyl groups excluding tert-OH is 1. The molecule has 2 unspecified atom stereocenters. The fourth-order valence-electron chi connectivity index (χ4n) is 5.63. The molecule has 0 aliphatic heterocycles. The number of amides is 1. The standard InChI is InChI=1S/C43H75NO5S/c1-3-5-7-9-11-13-15-17-18-19-20-21-22-23-24-25-26-27-29-31-33-35-37-39-43(46)44-41(40-50(47,48)49)42(45)38-36-34-32-30-28-16-14-12-10-8-6-4-2/h5,7,11,13,17-18,20-21,28,30,36,38,41-42,45H,3-4,6,8-10,12,14-16,19,22-27,29,31-35,37,39-40H2,1-2H3,(H,44,46)(H,47,48,49)/b7-5-,13-11-,18-17-,21-20-,30-28+,38-36+. The molecule has 0 spiro atoms. The quantitative estimate of drug-likeness (QED) is 0.0344. The van der Waals surface area contributed by atoms with Crippen LogP contribution in [0, 0.1) is 0 Å². The van der Waals surface area contributed by atoms with Gasteiger partial charge in [0, 0.05) is 6.42 Å². The fraction of sp³-hybridized carbons (Fsp3) is 0.698. The third-order valence-electron chi connectivity index (χ3n) is 8.62. The van der Waals surface area contributed by atoms with E-state index in [1.165, 1.54) is 83.1 Å². The van der Waals surface area contributed by atoms with Crippen LogP contribution in [0.3, 0.4) is 0 Å². The zero-order valence-electron chi connectivity index (χ0n) is 32.0. The van der Waals surface area contributed by atoms with E-state index in [1.54, 1.807) is 6.08 Å². The van der Waals surface area contributed by atoms with E-state index in [1.807, 2.05) is 0 Å². The monoisotopic (exact) mass is 718 g/mol. The summed E-state index contributed by atoms with van der Waals surface area (Å²) in [5, 5.41) is 13.2. The third-order valence-corrected chi connectivity index (χ3v) is 9.40. The number of allylic oxidation sites excluding steroid dienone is 11. The molecule has 0 aromatic heterocycles. The minimum Gasteiger partial charge on any atom is -0.387 e. The summed E-state index contributed by atoms with van der Waals surface area (Å²) in [7, 11) is -4.35. The predicted molar refractivity (Wildman–Crippen MR) is 216 cm³/mol. The van der Waals surface area contributed by atoms with Crippen LogP contribution in [0.4, 0.5) is 0 Å². The lowest BCUT2D eigenvalue weighted by molar-refractivity contribution is -0.122. The predicted octanol–water partition coefficient (Wildman–Crippen LogP) is 11.8.